The number of nitrogens with zero attached hydrogens (tertiary/aromatic N) is 3. The largest absolute Gasteiger partial charge is 0.478 e. The van der Waals surface area contributed by atoms with Crippen LogP contribution in [0.4, 0.5) is 0 Å². The minimum absolute atomic E-state index is 0.0312. The van der Waals surface area contributed by atoms with Crippen molar-refractivity contribution in [3.8, 4) is 0 Å². The zero-order valence-electron chi connectivity index (χ0n) is 7.62. The van der Waals surface area contributed by atoms with Gasteiger partial charge in [-0.15, -0.1) is 10.2 Å². The second-order valence-electron chi connectivity index (χ2n) is 2.61. The molecular formula is C8H4ClN3O2S2. The summed E-state index contributed by atoms with van der Waals surface area (Å²) in [6.07, 6.45) is 1.31. The van der Waals surface area contributed by atoms with Crippen molar-refractivity contribution in [2.75, 3.05) is 0 Å². The molecule has 0 radical (unpaired) electrons. The lowest BCUT2D eigenvalue weighted by Gasteiger charge is -2.00. The van der Waals surface area contributed by atoms with Gasteiger partial charge in [0.2, 0.25) is 0 Å². The van der Waals surface area contributed by atoms with Gasteiger partial charge in [0.05, 0.1) is 10.6 Å². The molecule has 0 saturated carbocycles. The predicted octanol–water partition coefficient (Wildman–Crippen LogP) is 2.44. The maximum Gasteiger partial charge on any atom is 0.337 e. The number of carboxylic acid groups (broad SMARTS) is 1. The fraction of sp³-hybridized carbons (Fsp3) is 0. The Kier molecular flexibility index (Phi) is 3.37. The molecule has 0 amide bonds. The predicted molar refractivity (Wildman–Crippen MR) is 60.2 cm³/mol. The zero-order chi connectivity index (χ0) is 11.5. The van der Waals surface area contributed by atoms with Crippen LogP contribution in [0.3, 0.4) is 0 Å². The summed E-state index contributed by atoms with van der Waals surface area (Å²) in [4.78, 5) is 14.8. The number of hydrogen-bond donors (Lipinski definition) is 1. The van der Waals surface area contributed by atoms with E-state index in [1.54, 1.807) is 5.51 Å². The van der Waals surface area contributed by atoms with Gasteiger partial charge in [-0.3, -0.25) is 0 Å². The van der Waals surface area contributed by atoms with Crippen LogP contribution in [-0.2, 0) is 0 Å². The van der Waals surface area contributed by atoms with E-state index in [0.29, 0.717) is 9.37 Å². The Hall–Kier alpha value is -1.18. The van der Waals surface area contributed by atoms with Crippen LogP contribution in [0.25, 0.3) is 0 Å². The molecule has 0 aromatic carbocycles. The molecule has 0 bridgehead atoms. The summed E-state index contributed by atoms with van der Waals surface area (Å²) >= 11 is 8.30. The molecule has 0 aliphatic rings. The fourth-order valence-electron chi connectivity index (χ4n) is 0.936. The van der Waals surface area contributed by atoms with Gasteiger partial charge in [0.1, 0.15) is 10.5 Å². The molecule has 2 aromatic rings. The molecule has 0 atom stereocenters. The molecule has 0 saturated heterocycles. The summed E-state index contributed by atoms with van der Waals surface area (Å²) in [6.45, 7) is 0. The lowest BCUT2D eigenvalue weighted by Crippen LogP contribution is -1.98. The summed E-state index contributed by atoms with van der Waals surface area (Å²) in [6, 6.07) is 1.41. The number of pyridine rings is 1. The molecule has 1 N–H and O–H groups in total. The number of aromatic nitrogens is 3. The van der Waals surface area contributed by atoms with Gasteiger partial charge in [-0.25, -0.2) is 9.78 Å². The first-order valence-electron chi connectivity index (χ1n) is 3.99. The Morgan fingerprint density at radius 3 is 3.00 bits per heavy atom. The smallest absolute Gasteiger partial charge is 0.337 e. The first-order valence-corrected chi connectivity index (χ1v) is 6.07. The minimum Gasteiger partial charge on any atom is -0.478 e. The Balaban J connectivity index is 2.29. The highest BCUT2D eigenvalue weighted by molar-refractivity contribution is 8.00. The first kappa shape index (κ1) is 11.3. The fourth-order valence-corrected chi connectivity index (χ4v) is 2.53. The van der Waals surface area contributed by atoms with E-state index in [0.717, 1.165) is 0 Å². The maximum absolute atomic E-state index is 10.8. The number of carboxylic acids is 1. The lowest BCUT2D eigenvalue weighted by atomic mass is 10.3. The maximum atomic E-state index is 10.8. The summed E-state index contributed by atoms with van der Waals surface area (Å²) in [7, 11) is 0. The van der Waals surface area contributed by atoms with Crippen molar-refractivity contribution >= 4 is 40.7 Å². The van der Waals surface area contributed by atoms with Gasteiger partial charge < -0.3 is 5.11 Å². The molecule has 5 nitrogen and oxygen atoms in total. The van der Waals surface area contributed by atoms with E-state index >= 15 is 0 Å². The molecule has 2 rings (SSSR count). The van der Waals surface area contributed by atoms with Gasteiger partial charge in [-0.05, 0) is 17.8 Å². The Bertz CT molecular complexity index is 518. The second-order valence-corrected chi connectivity index (χ2v) is 5.12. The summed E-state index contributed by atoms with van der Waals surface area (Å²) in [5, 5.41) is 17.0. The topological polar surface area (TPSA) is 76.0 Å². The van der Waals surface area contributed by atoms with Crippen LogP contribution in [0.15, 0.2) is 27.1 Å². The molecule has 2 aromatic heterocycles. The normalized spacial score (nSPS) is 10.3. The zero-order valence-corrected chi connectivity index (χ0v) is 10.0. The molecule has 0 aliphatic carbocycles. The van der Waals surface area contributed by atoms with Gasteiger partial charge in [0.15, 0.2) is 4.34 Å². The molecule has 0 spiro atoms. The van der Waals surface area contributed by atoms with Crippen LogP contribution >= 0.6 is 34.7 Å². The van der Waals surface area contributed by atoms with Crippen LogP contribution in [0, 0.1) is 0 Å². The molecule has 82 valence electrons. The van der Waals surface area contributed by atoms with Crippen LogP contribution < -0.4 is 0 Å². The van der Waals surface area contributed by atoms with E-state index in [-0.39, 0.29) is 10.6 Å². The lowest BCUT2D eigenvalue weighted by molar-refractivity contribution is 0.0696. The number of aromatic carboxylic acids is 1. The number of rotatable bonds is 3. The third-order valence-corrected chi connectivity index (χ3v) is 3.60. The Morgan fingerprint density at radius 2 is 2.38 bits per heavy atom. The van der Waals surface area contributed by atoms with Crippen LogP contribution in [0.5, 0.6) is 0 Å². The van der Waals surface area contributed by atoms with Crippen molar-refractivity contribution in [1.29, 1.82) is 0 Å². The molecule has 0 unspecified atom stereocenters. The summed E-state index contributed by atoms with van der Waals surface area (Å²) in [5.74, 6) is -1.08. The van der Waals surface area contributed by atoms with E-state index in [2.05, 4.69) is 15.2 Å². The van der Waals surface area contributed by atoms with Crippen LogP contribution in [0.2, 0.25) is 5.02 Å². The van der Waals surface area contributed by atoms with Crippen molar-refractivity contribution in [2.24, 2.45) is 0 Å². The van der Waals surface area contributed by atoms with Gasteiger partial charge in [-0.2, -0.15) is 0 Å². The highest BCUT2D eigenvalue weighted by Crippen LogP contribution is 2.29. The second kappa shape index (κ2) is 4.77. The SMILES string of the molecule is O=C(O)c1cc(Sc2nncs2)ncc1Cl. The van der Waals surface area contributed by atoms with Gasteiger partial charge in [0.25, 0.3) is 0 Å². The van der Waals surface area contributed by atoms with E-state index in [9.17, 15) is 4.79 Å². The first-order chi connectivity index (χ1) is 7.66. The van der Waals surface area contributed by atoms with Crippen LogP contribution in [0.1, 0.15) is 10.4 Å². The van der Waals surface area contributed by atoms with Gasteiger partial charge in [-0.1, -0.05) is 22.9 Å². The van der Waals surface area contributed by atoms with E-state index < -0.39 is 5.97 Å². The summed E-state index contributed by atoms with van der Waals surface area (Å²) in [5.41, 5.74) is 1.62. The highest BCUT2D eigenvalue weighted by Gasteiger charge is 2.11. The average molecular weight is 274 g/mol. The van der Waals surface area contributed by atoms with Crippen molar-refractivity contribution in [2.45, 2.75) is 9.37 Å². The molecule has 0 fully saturated rings. The van der Waals surface area contributed by atoms with Gasteiger partial charge in [0, 0.05) is 6.20 Å². The molecule has 2 heterocycles. The van der Waals surface area contributed by atoms with Crippen LogP contribution in [-0.4, -0.2) is 26.3 Å². The van der Waals surface area contributed by atoms with Crippen molar-refractivity contribution in [3.63, 3.8) is 0 Å². The minimum atomic E-state index is -1.08. The quantitative estimate of drug-likeness (QED) is 0.926. The van der Waals surface area contributed by atoms with E-state index in [1.807, 2.05) is 0 Å². The van der Waals surface area contributed by atoms with Crippen molar-refractivity contribution < 1.29 is 9.90 Å². The molecule has 16 heavy (non-hydrogen) atoms. The van der Waals surface area contributed by atoms with Gasteiger partial charge >= 0.3 is 5.97 Å². The molecular weight excluding hydrogens is 270 g/mol. The molecule has 8 heteroatoms. The highest BCUT2D eigenvalue weighted by atomic mass is 35.5. The van der Waals surface area contributed by atoms with Crippen molar-refractivity contribution in [1.82, 2.24) is 15.2 Å². The van der Waals surface area contributed by atoms with Crippen molar-refractivity contribution in [3.05, 3.63) is 28.4 Å². The number of carbonyl (C=O) groups is 1. The number of halogens is 1. The molecule has 0 aliphatic heterocycles. The van der Waals surface area contributed by atoms with E-state index in [1.165, 1.54) is 35.4 Å². The monoisotopic (exact) mass is 273 g/mol. The number of hydrogen-bond acceptors (Lipinski definition) is 6. The average Bonchev–Trinajstić information content (AvgIpc) is 2.73. The van der Waals surface area contributed by atoms with E-state index in [4.69, 9.17) is 16.7 Å². The summed E-state index contributed by atoms with van der Waals surface area (Å²) < 4.78 is 0.700. The Labute approximate surface area is 104 Å². The standard InChI is InChI=1S/C8H4ClN3O2S2/c9-5-2-10-6(1-4(5)7(13)14)16-8-12-11-3-15-8/h1-3H,(H,13,14). The Morgan fingerprint density at radius 1 is 1.56 bits per heavy atom. The third kappa shape index (κ3) is 2.49. The third-order valence-electron chi connectivity index (χ3n) is 1.59.